The quantitative estimate of drug-likeness (QED) is 0.601. The molecule has 182 valence electrons. The van der Waals surface area contributed by atoms with E-state index in [1.165, 1.54) is 10.4 Å². The van der Waals surface area contributed by atoms with Crippen LogP contribution < -0.4 is 4.31 Å². The van der Waals surface area contributed by atoms with Gasteiger partial charge in [0.2, 0.25) is 5.91 Å². The van der Waals surface area contributed by atoms with Crippen molar-refractivity contribution >= 4 is 27.5 Å². The second kappa shape index (κ2) is 10.1. The van der Waals surface area contributed by atoms with Gasteiger partial charge in [-0.3, -0.25) is 18.8 Å². The van der Waals surface area contributed by atoms with Crippen molar-refractivity contribution in [2.75, 3.05) is 56.7 Å². The van der Waals surface area contributed by atoms with Gasteiger partial charge in [0.15, 0.2) is 0 Å². The Bertz CT molecular complexity index is 1160. The predicted molar refractivity (Wildman–Crippen MR) is 131 cm³/mol. The van der Waals surface area contributed by atoms with Crippen LogP contribution in [0.4, 0.5) is 5.69 Å². The van der Waals surface area contributed by atoms with E-state index in [1.54, 1.807) is 23.1 Å². The number of likely N-dealkylation sites (N-methyl/N-ethyl adjacent to an activating group) is 1. The van der Waals surface area contributed by atoms with Crippen molar-refractivity contribution in [2.45, 2.75) is 25.2 Å². The van der Waals surface area contributed by atoms with Crippen LogP contribution in [-0.4, -0.2) is 87.3 Å². The Hall–Kier alpha value is -2.91. The molecule has 2 aliphatic rings. The lowest BCUT2D eigenvalue weighted by atomic mass is 10.2. The van der Waals surface area contributed by atoms with Crippen LogP contribution in [0, 0.1) is 0 Å². The molecule has 0 saturated carbocycles. The molecule has 0 bridgehead atoms. The van der Waals surface area contributed by atoms with Crippen LogP contribution in [0.25, 0.3) is 0 Å². The number of benzene rings is 2. The Kier molecular flexibility index (Phi) is 7.23. The van der Waals surface area contributed by atoms with E-state index in [1.807, 2.05) is 43.0 Å². The molecule has 0 spiro atoms. The summed E-state index contributed by atoms with van der Waals surface area (Å²) in [6.45, 7) is 8.29. The van der Waals surface area contributed by atoms with Crippen LogP contribution in [0.1, 0.15) is 29.8 Å². The molecule has 0 N–H and O–H groups in total. The Morgan fingerprint density at radius 1 is 0.912 bits per heavy atom. The fraction of sp³-hybridized carbons (Fsp3) is 0.440. The second-order valence-electron chi connectivity index (χ2n) is 8.62. The number of carbonyl (C=O) groups excluding carboxylic acids is 2. The van der Waals surface area contributed by atoms with Gasteiger partial charge in [-0.2, -0.15) is 0 Å². The van der Waals surface area contributed by atoms with Crippen molar-refractivity contribution in [2.24, 2.45) is 0 Å². The number of carbonyl (C=O) groups is 2. The lowest BCUT2D eigenvalue weighted by Crippen LogP contribution is -2.51. The lowest BCUT2D eigenvalue weighted by Gasteiger charge is -2.35. The third-order valence-corrected chi connectivity index (χ3v) is 8.46. The Morgan fingerprint density at radius 2 is 1.62 bits per heavy atom. The van der Waals surface area contributed by atoms with Crippen LogP contribution in [0.5, 0.6) is 0 Å². The summed E-state index contributed by atoms with van der Waals surface area (Å²) in [5.41, 5.74) is 2.08. The van der Waals surface area contributed by atoms with Gasteiger partial charge in [-0.05, 0) is 50.1 Å². The molecule has 0 aliphatic carbocycles. The van der Waals surface area contributed by atoms with E-state index in [0.29, 0.717) is 70.0 Å². The lowest BCUT2D eigenvalue weighted by molar-refractivity contribution is -0.132. The van der Waals surface area contributed by atoms with Gasteiger partial charge in [0.25, 0.3) is 15.9 Å². The molecular weight excluding hydrogens is 452 g/mol. The number of fused-ring (bicyclic) bond motifs is 1. The summed E-state index contributed by atoms with van der Waals surface area (Å²) in [6, 6.07) is 13.8. The number of amides is 2. The summed E-state index contributed by atoms with van der Waals surface area (Å²) in [5, 5.41) is 0. The minimum atomic E-state index is -3.76. The van der Waals surface area contributed by atoms with Gasteiger partial charge in [-0.15, -0.1) is 0 Å². The first-order valence-corrected chi connectivity index (χ1v) is 13.3. The Balaban J connectivity index is 1.43. The minimum Gasteiger partial charge on any atom is -0.342 e. The van der Waals surface area contributed by atoms with E-state index >= 15 is 0 Å². The molecule has 0 unspecified atom stereocenters. The van der Waals surface area contributed by atoms with E-state index in [4.69, 9.17) is 0 Å². The molecule has 1 saturated heterocycles. The predicted octanol–water partition coefficient (Wildman–Crippen LogP) is 2.06. The van der Waals surface area contributed by atoms with Gasteiger partial charge in [0.05, 0.1) is 17.1 Å². The van der Waals surface area contributed by atoms with E-state index < -0.39 is 10.0 Å². The van der Waals surface area contributed by atoms with Gasteiger partial charge >= 0.3 is 0 Å². The number of para-hydroxylation sites is 1. The first-order valence-electron chi connectivity index (χ1n) is 11.8. The molecule has 2 amide bonds. The van der Waals surface area contributed by atoms with E-state index in [-0.39, 0.29) is 16.7 Å². The smallest absolute Gasteiger partial charge is 0.264 e. The summed E-state index contributed by atoms with van der Waals surface area (Å²) in [5.74, 6) is -0.0836. The number of anilines is 1. The average molecular weight is 485 g/mol. The standard InChI is InChI=1S/C25H32N4O4S/c1-3-27(4-2)24(30)19-26-14-16-28(17-15-26)25(31)21-9-7-10-22(18-21)34(32,33)29-13-12-20-8-5-6-11-23(20)29/h5-11,18H,3-4,12-17,19H2,1-2H3. The van der Waals surface area contributed by atoms with Crippen LogP contribution in [0.3, 0.4) is 0 Å². The first kappa shape index (κ1) is 24.2. The van der Waals surface area contributed by atoms with Crippen LogP contribution in [-0.2, 0) is 21.2 Å². The van der Waals surface area contributed by atoms with Crippen LogP contribution in [0.2, 0.25) is 0 Å². The van der Waals surface area contributed by atoms with Crippen molar-refractivity contribution in [3.05, 3.63) is 59.7 Å². The first-order chi connectivity index (χ1) is 16.3. The van der Waals surface area contributed by atoms with Crippen LogP contribution >= 0.6 is 0 Å². The van der Waals surface area contributed by atoms with Gasteiger partial charge in [0.1, 0.15) is 0 Å². The van der Waals surface area contributed by atoms with Crippen molar-refractivity contribution in [3.8, 4) is 0 Å². The molecule has 8 nitrogen and oxygen atoms in total. The number of hydrogen-bond acceptors (Lipinski definition) is 5. The highest BCUT2D eigenvalue weighted by molar-refractivity contribution is 7.92. The highest BCUT2D eigenvalue weighted by Gasteiger charge is 2.31. The van der Waals surface area contributed by atoms with Crippen molar-refractivity contribution in [1.82, 2.24) is 14.7 Å². The molecule has 2 heterocycles. The molecule has 4 rings (SSSR count). The maximum absolute atomic E-state index is 13.4. The monoisotopic (exact) mass is 484 g/mol. The van der Waals surface area contributed by atoms with Gasteiger partial charge in [0, 0.05) is 51.4 Å². The number of hydrogen-bond donors (Lipinski definition) is 0. The highest BCUT2D eigenvalue weighted by Crippen LogP contribution is 2.32. The molecule has 0 aromatic heterocycles. The zero-order valence-corrected chi connectivity index (χ0v) is 20.6. The summed E-state index contributed by atoms with van der Waals surface area (Å²) < 4.78 is 28.1. The van der Waals surface area contributed by atoms with E-state index in [2.05, 4.69) is 4.90 Å². The van der Waals surface area contributed by atoms with E-state index in [9.17, 15) is 18.0 Å². The summed E-state index contributed by atoms with van der Waals surface area (Å²) in [4.78, 5) is 31.3. The minimum absolute atomic E-state index is 0.103. The summed E-state index contributed by atoms with van der Waals surface area (Å²) >= 11 is 0. The number of rotatable bonds is 7. The molecule has 1 fully saturated rings. The summed E-state index contributed by atoms with van der Waals surface area (Å²) in [7, 11) is -3.76. The second-order valence-corrected chi connectivity index (χ2v) is 10.5. The van der Waals surface area contributed by atoms with Gasteiger partial charge < -0.3 is 9.80 Å². The zero-order chi connectivity index (χ0) is 24.3. The molecule has 9 heteroatoms. The normalized spacial score (nSPS) is 16.4. The molecular formula is C25H32N4O4S. The molecule has 34 heavy (non-hydrogen) atoms. The van der Waals surface area contributed by atoms with Crippen molar-refractivity contribution < 1.29 is 18.0 Å². The Labute approximate surface area is 201 Å². The SMILES string of the molecule is CCN(CC)C(=O)CN1CCN(C(=O)c2cccc(S(=O)(=O)N3CCc4ccccc43)c2)CC1. The number of piperazine rings is 1. The molecule has 2 aromatic rings. The maximum atomic E-state index is 13.4. The van der Waals surface area contributed by atoms with Gasteiger partial charge in [-0.1, -0.05) is 24.3 Å². The molecule has 0 radical (unpaired) electrons. The fourth-order valence-corrected chi connectivity index (χ4v) is 6.18. The van der Waals surface area contributed by atoms with Gasteiger partial charge in [-0.25, -0.2) is 8.42 Å². The number of nitrogens with zero attached hydrogens (tertiary/aromatic N) is 4. The average Bonchev–Trinajstić information content (AvgIpc) is 3.30. The summed E-state index contributed by atoms with van der Waals surface area (Å²) in [6.07, 6.45) is 0.676. The highest BCUT2D eigenvalue weighted by atomic mass is 32.2. The topological polar surface area (TPSA) is 81.2 Å². The fourth-order valence-electron chi connectivity index (χ4n) is 4.63. The molecule has 2 aromatic carbocycles. The maximum Gasteiger partial charge on any atom is 0.264 e. The van der Waals surface area contributed by atoms with Crippen molar-refractivity contribution in [1.29, 1.82) is 0 Å². The van der Waals surface area contributed by atoms with Crippen molar-refractivity contribution in [3.63, 3.8) is 0 Å². The molecule has 2 aliphatic heterocycles. The number of sulfonamides is 1. The third kappa shape index (κ3) is 4.81. The zero-order valence-electron chi connectivity index (χ0n) is 19.8. The van der Waals surface area contributed by atoms with E-state index in [0.717, 1.165) is 5.56 Å². The Morgan fingerprint density at radius 3 is 2.32 bits per heavy atom. The third-order valence-electron chi connectivity index (χ3n) is 6.65. The largest absolute Gasteiger partial charge is 0.342 e. The van der Waals surface area contributed by atoms with Crippen LogP contribution in [0.15, 0.2) is 53.4 Å². The molecule has 0 atom stereocenters.